The summed E-state index contributed by atoms with van der Waals surface area (Å²) >= 11 is 0. The van der Waals surface area contributed by atoms with Gasteiger partial charge in [-0.05, 0) is 19.3 Å². The van der Waals surface area contributed by atoms with Crippen molar-refractivity contribution in [3.05, 3.63) is 0 Å². The molecule has 0 amide bonds. The van der Waals surface area contributed by atoms with Gasteiger partial charge in [-0.15, -0.1) is 0 Å². The molecule has 0 aromatic rings. The molecule has 2 bridgehead atoms. The van der Waals surface area contributed by atoms with Gasteiger partial charge in [0, 0.05) is 23.5 Å². The van der Waals surface area contributed by atoms with E-state index in [-0.39, 0.29) is 0 Å². The third kappa shape index (κ3) is 1.97. The molecule has 0 spiro atoms. The van der Waals surface area contributed by atoms with Crippen molar-refractivity contribution in [2.75, 3.05) is 13.2 Å². The molecule has 0 saturated carbocycles. The third-order valence-corrected chi connectivity index (χ3v) is 4.74. The summed E-state index contributed by atoms with van der Waals surface area (Å²) in [5.74, 6) is 6.83. The van der Waals surface area contributed by atoms with Gasteiger partial charge < -0.3 is 15.3 Å². The second-order valence-electron chi connectivity index (χ2n) is 5.56. The van der Waals surface area contributed by atoms with Gasteiger partial charge in [-0.3, -0.25) is 0 Å². The maximum absolute atomic E-state index is 5.90. The van der Waals surface area contributed by atoms with E-state index in [1.54, 1.807) is 0 Å². The number of hydrazone groups is 1. The Morgan fingerprint density at radius 2 is 2.12 bits per heavy atom. The predicted octanol–water partition coefficient (Wildman–Crippen LogP) is 1.99. The minimum Gasteiger partial charge on any atom is -0.350 e. The molecule has 17 heavy (non-hydrogen) atoms. The lowest BCUT2D eigenvalue weighted by molar-refractivity contribution is -0.228. The van der Waals surface area contributed by atoms with E-state index in [9.17, 15) is 0 Å². The lowest BCUT2D eigenvalue weighted by Crippen LogP contribution is -2.47. The Kier molecular flexibility index (Phi) is 3.46. The maximum Gasteiger partial charge on any atom is 0.168 e. The highest BCUT2D eigenvalue weighted by Crippen LogP contribution is 2.46. The Hall–Kier alpha value is -0.610. The Balaban J connectivity index is 2.19. The molecule has 5 atom stereocenters. The lowest BCUT2D eigenvalue weighted by atomic mass is 9.74. The normalized spacial score (nSPS) is 43.8. The number of nitrogens with zero attached hydrogens (tertiary/aromatic N) is 1. The molecule has 0 aromatic heterocycles. The molecular formula is C13H24N2O2. The van der Waals surface area contributed by atoms with Crippen LogP contribution in [0, 0.1) is 23.7 Å². The van der Waals surface area contributed by atoms with Crippen LogP contribution in [0.1, 0.15) is 34.1 Å². The van der Waals surface area contributed by atoms with E-state index in [0.717, 1.165) is 18.7 Å². The van der Waals surface area contributed by atoms with Crippen molar-refractivity contribution < 1.29 is 9.47 Å². The van der Waals surface area contributed by atoms with Gasteiger partial charge in [-0.2, -0.15) is 5.10 Å². The zero-order valence-electron chi connectivity index (χ0n) is 11.3. The molecule has 4 nitrogen and oxygen atoms in total. The number of nitrogens with two attached hydrogens (primary N) is 1. The SMILES string of the molecule is CC[C@@H](C)C(=NN)[C@H]1CO[C@]2(C)OC[C@H]1[C@H]2C. The molecular weight excluding hydrogens is 216 g/mol. The van der Waals surface area contributed by atoms with Crippen molar-refractivity contribution in [2.45, 2.75) is 39.9 Å². The van der Waals surface area contributed by atoms with Crippen molar-refractivity contribution in [1.82, 2.24) is 0 Å². The van der Waals surface area contributed by atoms with E-state index in [0.29, 0.717) is 30.3 Å². The topological polar surface area (TPSA) is 56.8 Å². The maximum atomic E-state index is 5.90. The molecule has 98 valence electrons. The van der Waals surface area contributed by atoms with Crippen LogP contribution in [0.5, 0.6) is 0 Å². The molecule has 0 aromatic carbocycles. The molecule has 2 N–H and O–H groups in total. The van der Waals surface area contributed by atoms with E-state index in [4.69, 9.17) is 15.3 Å². The number of rotatable bonds is 3. The van der Waals surface area contributed by atoms with Crippen molar-refractivity contribution in [2.24, 2.45) is 34.6 Å². The van der Waals surface area contributed by atoms with Gasteiger partial charge in [0.15, 0.2) is 5.79 Å². The zero-order chi connectivity index (χ0) is 12.6. The van der Waals surface area contributed by atoms with Crippen LogP contribution in [0.4, 0.5) is 0 Å². The standard InChI is InChI=1S/C13H24N2O2/c1-5-8(2)12(15-14)11-7-17-13(4)9(3)10(11)6-16-13/h8-11H,5-7,14H2,1-4H3/t8-,9-,10+,11+,13+/m1/s1. The highest BCUT2D eigenvalue weighted by Gasteiger charge is 2.53. The van der Waals surface area contributed by atoms with Crippen molar-refractivity contribution >= 4 is 5.71 Å². The molecule has 2 fully saturated rings. The van der Waals surface area contributed by atoms with Crippen LogP contribution < -0.4 is 5.84 Å². The number of hydrogen-bond acceptors (Lipinski definition) is 4. The van der Waals surface area contributed by atoms with Gasteiger partial charge in [0.1, 0.15) is 0 Å². The Morgan fingerprint density at radius 1 is 1.47 bits per heavy atom. The Bertz CT molecular complexity index is 319. The highest BCUT2D eigenvalue weighted by molar-refractivity contribution is 5.89. The van der Waals surface area contributed by atoms with E-state index >= 15 is 0 Å². The average molecular weight is 240 g/mol. The van der Waals surface area contributed by atoms with Gasteiger partial charge in [0.25, 0.3) is 0 Å². The summed E-state index contributed by atoms with van der Waals surface area (Å²) in [4.78, 5) is 0. The first-order chi connectivity index (χ1) is 8.03. The first-order valence-electron chi connectivity index (χ1n) is 6.59. The summed E-state index contributed by atoms with van der Waals surface area (Å²) in [5.41, 5.74) is 1.09. The Labute approximate surface area is 104 Å². The molecule has 2 aliphatic heterocycles. The summed E-state index contributed by atoms with van der Waals surface area (Å²) in [6.45, 7) is 10.0. The van der Waals surface area contributed by atoms with Gasteiger partial charge in [0.2, 0.25) is 0 Å². The molecule has 4 heteroatoms. The van der Waals surface area contributed by atoms with E-state index in [1.165, 1.54) is 0 Å². The fourth-order valence-corrected chi connectivity index (χ4v) is 3.05. The molecule has 2 rings (SSSR count). The first kappa shape index (κ1) is 12.8. The highest BCUT2D eigenvalue weighted by atomic mass is 16.7. The summed E-state index contributed by atoms with van der Waals surface area (Å²) in [5, 5.41) is 4.04. The van der Waals surface area contributed by atoms with Crippen LogP contribution in [0.15, 0.2) is 5.10 Å². The summed E-state index contributed by atoms with van der Waals surface area (Å²) < 4.78 is 11.7. The number of hydrogen-bond donors (Lipinski definition) is 1. The van der Waals surface area contributed by atoms with Crippen LogP contribution in [0.2, 0.25) is 0 Å². The van der Waals surface area contributed by atoms with Crippen LogP contribution in [0.3, 0.4) is 0 Å². The third-order valence-electron chi connectivity index (χ3n) is 4.74. The average Bonchev–Trinajstić information content (AvgIpc) is 2.51. The predicted molar refractivity (Wildman–Crippen MR) is 67.5 cm³/mol. The van der Waals surface area contributed by atoms with Crippen molar-refractivity contribution in [3.8, 4) is 0 Å². The number of fused-ring (bicyclic) bond motifs is 2. The van der Waals surface area contributed by atoms with Gasteiger partial charge in [0.05, 0.1) is 13.2 Å². The van der Waals surface area contributed by atoms with Gasteiger partial charge >= 0.3 is 0 Å². The van der Waals surface area contributed by atoms with Crippen LogP contribution in [0.25, 0.3) is 0 Å². The van der Waals surface area contributed by atoms with E-state index in [1.807, 2.05) is 6.92 Å². The second-order valence-corrected chi connectivity index (χ2v) is 5.56. The molecule has 0 unspecified atom stereocenters. The molecule has 2 heterocycles. The zero-order valence-corrected chi connectivity index (χ0v) is 11.3. The fraction of sp³-hybridized carbons (Fsp3) is 0.923. The summed E-state index contributed by atoms with van der Waals surface area (Å²) in [7, 11) is 0. The molecule has 0 aliphatic carbocycles. The van der Waals surface area contributed by atoms with Gasteiger partial charge in [-0.1, -0.05) is 20.8 Å². The smallest absolute Gasteiger partial charge is 0.168 e. The minimum absolute atomic E-state index is 0.320. The lowest BCUT2D eigenvalue weighted by Gasteiger charge is -2.39. The Morgan fingerprint density at radius 3 is 2.71 bits per heavy atom. The van der Waals surface area contributed by atoms with Crippen LogP contribution >= 0.6 is 0 Å². The van der Waals surface area contributed by atoms with E-state index in [2.05, 4.69) is 25.9 Å². The van der Waals surface area contributed by atoms with Crippen molar-refractivity contribution in [3.63, 3.8) is 0 Å². The number of ether oxygens (including phenoxy) is 2. The van der Waals surface area contributed by atoms with Gasteiger partial charge in [-0.25, -0.2) is 0 Å². The fourth-order valence-electron chi connectivity index (χ4n) is 3.05. The summed E-state index contributed by atoms with van der Waals surface area (Å²) in [6, 6.07) is 0. The minimum atomic E-state index is -0.393. The van der Waals surface area contributed by atoms with Crippen LogP contribution in [-0.2, 0) is 9.47 Å². The largest absolute Gasteiger partial charge is 0.350 e. The van der Waals surface area contributed by atoms with Crippen molar-refractivity contribution in [1.29, 1.82) is 0 Å². The van der Waals surface area contributed by atoms with Crippen LogP contribution in [-0.4, -0.2) is 24.7 Å². The molecule has 2 aliphatic rings. The molecule has 2 saturated heterocycles. The monoisotopic (exact) mass is 240 g/mol. The quantitative estimate of drug-likeness (QED) is 0.466. The summed E-state index contributed by atoms with van der Waals surface area (Å²) in [6.07, 6.45) is 1.06. The molecule has 0 radical (unpaired) electrons. The second kappa shape index (κ2) is 4.58. The first-order valence-corrected chi connectivity index (χ1v) is 6.59. The van der Waals surface area contributed by atoms with E-state index < -0.39 is 5.79 Å².